The Kier molecular flexibility index (Phi) is 3.24. The van der Waals surface area contributed by atoms with Crippen molar-refractivity contribution >= 4 is 11.8 Å². The lowest BCUT2D eigenvalue weighted by Gasteiger charge is -2.26. The lowest BCUT2D eigenvalue weighted by atomic mass is 9.84. The summed E-state index contributed by atoms with van der Waals surface area (Å²) in [6.07, 6.45) is 10.8. The van der Waals surface area contributed by atoms with Gasteiger partial charge in [-0.1, -0.05) is 19.8 Å². The van der Waals surface area contributed by atoms with Gasteiger partial charge in [-0.05, 0) is 19.3 Å². The SMILES string of the molecule is C#CCC(CC)N1C(=O)CC2(CCCC2)C1=O. The van der Waals surface area contributed by atoms with Crippen molar-refractivity contribution in [1.82, 2.24) is 4.90 Å². The van der Waals surface area contributed by atoms with Crippen LogP contribution >= 0.6 is 0 Å². The lowest BCUT2D eigenvalue weighted by molar-refractivity contribution is -0.144. The highest BCUT2D eigenvalue weighted by atomic mass is 16.2. The molecule has 2 aliphatic rings. The van der Waals surface area contributed by atoms with E-state index in [0.29, 0.717) is 12.8 Å². The van der Waals surface area contributed by atoms with Crippen LogP contribution in [0.4, 0.5) is 0 Å². The second-order valence-corrected chi connectivity index (χ2v) is 5.20. The van der Waals surface area contributed by atoms with Crippen molar-refractivity contribution in [3.63, 3.8) is 0 Å². The summed E-state index contributed by atoms with van der Waals surface area (Å²) in [5.41, 5.74) is -0.362. The summed E-state index contributed by atoms with van der Waals surface area (Å²) in [7, 11) is 0. The standard InChI is InChI=1S/C14H19NO2/c1-3-7-11(4-2)15-12(16)10-14(13(15)17)8-5-6-9-14/h1,11H,4-10H2,2H3. The maximum atomic E-state index is 12.5. The Bertz CT molecular complexity index is 374. The molecule has 1 unspecified atom stereocenters. The van der Waals surface area contributed by atoms with Gasteiger partial charge in [0.1, 0.15) is 0 Å². The minimum Gasteiger partial charge on any atom is -0.278 e. The second-order valence-electron chi connectivity index (χ2n) is 5.20. The van der Waals surface area contributed by atoms with E-state index < -0.39 is 0 Å². The molecule has 0 aromatic rings. The maximum Gasteiger partial charge on any atom is 0.236 e. The molecule has 0 aromatic carbocycles. The normalized spacial score (nSPS) is 24.4. The monoisotopic (exact) mass is 233 g/mol. The predicted octanol–water partition coefficient (Wildman–Crippen LogP) is 2.11. The molecule has 1 aliphatic heterocycles. The Morgan fingerprint density at radius 2 is 2.06 bits per heavy atom. The second kappa shape index (κ2) is 4.52. The van der Waals surface area contributed by atoms with Crippen LogP contribution in [0.15, 0.2) is 0 Å². The highest BCUT2D eigenvalue weighted by molar-refractivity contribution is 6.06. The molecule has 2 fully saturated rings. The van der Waals surface area contributed by atoms with Crippen LogP contribution in [0.2, 0.25) is 0 Å². The molecule has 2 rings (SSSR count). The molecule has 1 heterocycles. The van der Waals surface area contributed by atoms with Crippen LogP contribution in [0, 0.1) is 17.8 Å². The summed E-state index contributed by atoms with van der Waals surface area (Å²) in [5, 5.41) is 0. The first kappa shape index (κ1) is 12.2. The van der Waals surface area contributed by atoms with Gasteiger partial charge >= 0.3 is 0 Å². The molecule has 92 valence electrons. The van der Waals surface area contributed by atoms with Crippen molar-refractivity contribution in [3.8, 4) is 12.3 Å². The summed E-state index contributed by atoms with van der Waals surface area (Å²) < 4.78 is 0. The van der Waals surface area contributed by atoms with Gasteiger partial charge in [0.05, 0.1) is 11.5 Å². The fourth-order valence-corrected chi connectivity index (χ4v) is 3.19. The van der Waals surface area contributed by atoms with Gasteiger partial charge in [-0.25, -0.2) is 0 Å². The number of carbonyl (C=O) groups is 2. The van der Waals surface area contributed by atoms with E-state index in [9.17, 15) is 9.59 Å². The van der Waals surface area contributed by atoms with Crippen LogP contribution in [0.5, 0.6) is 0 Å². The van der Waals surface area contributed by atoms with Crippen molar-refractivity contribution in [3.05, 3.63) is 0 Å². The van der Waals surface area contributed by atoms with Crippen molar-refractivity contribution in [2.45, 2.75) is 57.9 Å². The summed E-state index contributed by atoms with van der Waals surface area (Å²) in [5.74, 6) is 2.60. The fourth-order valence-electron chi connectivity index (χ4n) is 3.19. The zero-order chi connectivity index (χ0) is 12.5. The summed E-state index contributed by atoms with van der Waals surface area (Å²) in [6, 6.07) is -0.0972. The molecule has 1 atom stereocenters. The molecule has 1 saturated carbocycles. The quantitative estimate of drug-likeness (QED) is 0.553. The molecular formula is C14H19NO2. The molecule has 1 saturated heterocycles. The third kappa shape index (κ3) is 1.86. The van der Waals surface area contributed by atoms with Gasteiger partial charge in [0.25, 0.3) is 0 Å². The molecule has 1 spiro atoms. The predicted molar refractivity (Wildman–Crippen MR) is 64.9 cm³/mol. The van der Waals surface area contributed by atoms with E-state index in [2.05, 4.69) is 5.92 Å². The van der Waals surface area contributed by atoms with Gasteiger partial charge in [-0.15, -0.1) is 12.3 Å². The number of amides is 2. The number of hydrogen-bond donors (Lipinski definition) is 0. The van der Waals surface area contributed by atoms with E-state index in [1.807, 2.05) is 6.92 Å². The van der Waals surface area contributed by atoms with Gasteiger partial charge in [-0.2, -0.15) is 0 Å². The largest absolute Gasteiger partial charge is 0.278 e. The van der Waals surface area contributed by atoms with E-state index in [0.717, 1.165) is 32.1 Å². The topological polar surface area (TPSA) is 37.4 Å². The number of nitrogens with zero attached hydrogens (tertiary/aromatic N) is 1. The summed E-state index contributed by atoms with van der Waals surface area (Å²) in [6.45, 7) is 1.97. The van der Waals surface area contributed by atoms with Gasteiger partial charge in [-0.3, -0.25) is 14.5 Å². The van der Waals surface area contributed by atoms with Gasteiger partial charge < -0.3 is 0 Å². The molecule has 2 amide bonds. The van der Waals surface area contributed by atoms with Crippen LogP contribution in [-0.4, -0.2) is 22.8 Å². The van der Waals surface area contributed by atoms with E-state index in [1.54, 1.807) is 0 Å². The van der Waals surface area contributed by atoms with Crippen LogP contribution in [0.3, 0.4) is 0 Å². The molecule has 0 bridgehead atoms. The molecular weight excluding hydrogens is 214 g/mol. The van der Waals surface area contributed by atoms with Crippen molar-refractivity contribution in [1.29, 1.82) is 0 Å². The average Bonchev–Trinajstić information content (AvgIpc) is 2.85. The minimum atomic E-state index is -0.362. The van der Waals surface area contributed by atoms with Gasteiger partial charge in [0, 0.05) is 12.8 Å². The van der Waals surface area contributed by atoms with E-state index in [4.69, 9.17) is 6.42 Å². The third-order valence-corrected chi connectivity index (χ3v) is 4.18. The Balaban J connectivity index is 2.22. The Morgan fingerprint density at radius 1 is 1.41 bits per heavy atom. The number of rotatable bonds is 3. The van der Waals surface area contributed by atoms with Crippen LogP contribution < -0.4 is 0 Å². The fraction of sp³-hybridized carbons (Fsp3) is 0.714. The zero-order valence-electron chi connectivity index (χ0n) is 10.4. The first-order valence-corrected chi connectivity index (χ1v) is 6.44. The molecule has 3 heteroatoms. The Hall–Kier alpha value is -1.30. The highest BCUT2D eigenvalue weighted by Crippen LogP contribution is 2.47. The smallest absolute Gasteiger partial charge is 0.236 e. The minimum absolute atomic E-state index is 0.0148. The Morgan fingerprint density at radius 3 is 2.59 bits per heavy atom. The van der Waals surface area contributed by atoms with Crippen LogP contribution in [-0.2, 0) is 9.59 Å². The maximum absolute atomic E-state index is 12.5. The van der Waals surface area contributed by atoms with E-state index in [-0.39, 0.29) is 23.3 Å². The average molecular weight is 233 g/mol. The number of hydrogen-bond acceptors (Lipinski definition) is 2. The number of terminal acetylenes is 1. The number of imide groups is 1. The van der Waals surface area contributed by atoms with Crippen LogP contribution in [0.1, 0.15) is 51.9 Å². The summed E-state index contributed by atoms with van der Waals surface area (Å²) in [4.78, 5) is 26.0. The van der Waals surface area contributed by atoms with Crippen molar-refractivity contribution in [2.75, 3.05) is 0 Å². The van der Waals surface area contributed by atoms with Gasteiger partial charge in [0.15, 0.2) is 0 Å². The molecule has 1 aliphatic carbocycles. The van der Waals surface area contributed by atoms with E-state index >= 15 is 0 Å². The molecule has 0 aromatic heterocycles. The van der Waals surface area contributed by atoms with Crippen molar-refractivity contribution < 1.29 is 9.59 Å². The molecule has 0 radical (unpaired) electrons. The zero-order valence-corrected chi connectivity index (χ0v) is 10.4. The van der Waals surface area contributed by atoms with Crippen molar-refractivity contribution in [2.24, 2.45) is 5.41 Å². The molecule has 3 nitrogen and oxygen atoms in total. The first-order chi connectivity index (χ1) is 8.14. The highest BCUT2D eigenvalue weighted by Gasteiger charge is 2.53. The summed E-state index contributed by atoms with van der Waals surface area (Å²) >= 11 is 0. The Labute approximate surface area is 103 Å². The molecule has 17 heavy (non-hydrogen) atoms. The number of carbonyl (C=O) groups excluding carboxylic acids is 2. The molecule has 0 N–H and O–H groups in total. The first-order valence-electron chi connectivity index (χ1n) is 6.44. The van der Waals surface area contributed by atoms with Gasteiger partial charge in [0.2, 0.25) is 11.8 Å². The van der Waals surface area contributed by atoms with Crippen LogP contribution in [0.25, 0.3) is 0 Å². The lowest BCUT2D eigenvalue weighted by Crippen LogP contribution is -2.41. The third-order valence-electron chi connectivity index (χ3n) is 4.18. The number of likely N-dealkylation sites (tertiary alicyclic amines) is 1. The van der Waals surface area contributed by atoms with E-state index in [1.165, 1.54) is 4.90 Å².